The molecule has 0 radical (unpaired) electrons. The fourth-order valence-electron chi connectivity index (χ4n) is 1.36. The second-order valence-electron chi connectivity index (χ2n) is 3.76. The first-order valence-corrected chi connectivity index (χ1v) is 8.62. The van der Waals surface area contributed by atoms with Gasteiger partial charge in [-0.3, -0.25) is 19.2 Å². The minimum absolute atomic E-state index is 0.122. The molecule has 0 spiro atoms. The van der Waals surface area contributed by atoms with Crippen LogP contribution in [0, 0.1) is 0 Å². The summed E-state index contributed by atoms with van der Waals surface area (Å²) in [5, 5.41) is 19.6. The van der Waals surface area contributed by atoms with Crippen LogP contribution in [0.1, 0.15) is 6.42 Å². The highest BCUT2D eigenvalue weighted by Gasteiger charge is 2.30. The Labute approximate surface area is 127 Å². The van der Waals surface area contributed by atoms with Crippen LogP contribution in [-0.2, 0) is 19.2 Å². The van der Waals surface area contributed by atoms with Gasteiger partial charge in [-0.15, -0.1) is 23.5 Å². The van der Waals surface area contributed by atoms with Crippen molar-refractivity contribution in [1.82, 2.24) is 5.32 Å². The molecule has 1 aliphatic heterocycles. The zero-order chi connectivity index (χ0) is 15.1. The Morgan fingerprint density at radius 1 is 1.25 bits per heavy atom. The fourth-order valence-corrected chi connectivity index (χ4v) is 4.11. The third-order valence-electron chi connectivity index (χ3n) is 2.18. The van der Waals surface area contributed by atoms with Crippen LogP contribution in [-0.4, -0.2) is 61.1 Å². The van der Waals surface area contributed by atoms with Gasteiger partial charge in [-0.05, 0) is 6.42 Å². The van der Waals surface area contributed by atoms with Gasteiger partial charge in [-0.25, -0.2) is 0 Å². The Morgan fingerprint density at radius 3 is 2.20 bits per heavy atom. The van der Waals surface area contributed by atoms with Gasteiger partial charge in [0.15, 0.2) is 0 Å². The maximum atomic E-state index is 12.0. The molecule has 1 saturated heterocycles. The molecule has 0 aromatic rings. The Bertz CT molecular complexity index is 398. The first kappa shape index (κ1) is 17.2. The van der Waals surface area contributed by atoms with Gasteiger partial charge in [-0.2, -0.15) is 0 Å². The lowest BCUT2D eigenvalue weighted by Crippen LogP contribution is -2.41. The molecular formula is C10H13NO6S3. The van der Waals surface area contributed by atoms with Crippen molar-refractivity contribution in [3.8, 4) is 0 Å². The van der Waals surface area contributed by atoms with Gasteiger partial charge in [-0.1, -0.05) is 11.8 Å². The molecule has 0 aromatic carbocycles. The number of hydrogen-bond acceptors (Lipinski definition) is 7. The van der Waals surface area contributed by atoms with Crippen LogP contribution < -0.4 is 5.32 Å². The highest BCUT2D eigenvalue weighted by Crippen LogP contribution is 2.26. The van der Waals surface area contributed by atoms with E-state index in [1.807, 2.05) is 0 Å². The summed E-state index contributed by atoms with van der Waals surface area (Å²) in [5.74, 6) is -2.66. The molecule has 1 atom stereocenters. The molecule has 112 valence electrons. The smallest absolute Gasteiger partial charge is 0.313 e. The summed E-state index contributed by atoms with van der Waals surface area (Å²) in [6.45, 7) is 0. The first-order valence-electron chi connectivity index (χ1n) is 5.54. The number of nitrogens with one attached hydrogen (secondary N) is 1. The Morgan fingerprint density at radius 2 is 1.80 bits per heavy atom. The van der Waals surface area contributed by atoms with Gasteiger partial charge in [0.25, 0.3) is 0 Å². The molecule has 1 amide bonds. The van der Waals surface area contributed by atoms with Gasteiger partial charge in [0.1, 0.15) is 4.58 Å². The summed E-state index contributed by atoms with van der Waals surface area (Å²) >= 11 is 2.81. The number of carbonyl (C=O) groups excluding carboxylic acids is 2. The molecule has 1 aliphatic rings. The summed E-state index contributed by atoms with van der Waals surface area (Å²) in [6, 6.07) is -0.564. The maximum absolute atomic E-state index is 12.0. The summed E-state index contributed by atoms with van der Waals surface area (Å²) < 4.78 is -0.861. The third kappa shape index (κ3) is 6.06. The minimum atomic E-state index is -1.09. The predicted molar refractivity (Wildman–Crippen MR) is 78.0 cm³/mol. The topological polar surface area (TPSA) is 121 Å². The molecule has 7 nitrogen and oxygen atoms in total. The van der Waals surface area contributed by atoms with Crippen LogP contribution in [0.3, 0.4) is 0 Å². The normalized spacial score (nSPS) is 18.2. The number of carboxylic acids is 2. The number of aliphatic carboxylic acids is 2. The van der Waals surface area contributed by atoms with E-state index in [0.29, 0.717) is 12.2 Å². The predicted octanol–water partition coefficient (Wildman–Crippen LogP) is 0.0964. The highest BCUT2D eigenvalue weighted by atomic mass is 32.2. The average molecular weight is 339 g/mol. The molecule has 3 N–H and O–H groups in total. The van der Waals surface area contributed by atoms with Gasteiger partial charge in [0.05, 0.1) is 17.5 Å². The molecule has 1 fully saturated rings. The van der Waals surface area contributed by atoms with E-state index in [1.54, 1.807) is 0 Å². The minimum Gasteiger partial charge on any atom is -0.481 e. The SMILES string of the molecule is O=C(O)CSC(SCC(=O)O)C(=O)NC1CCSC1=O. The van der Waals surface area contributed by atoms with Gasteiger partial charge >= 0.3 is 11.9 Å². The number of thioether (sulfide) groups is 3. The van der Waals surface area contributed by atoms with Crippen molar-refractivity contribution in [2.45, 2.75) is 17.0 Å². The lowest BCUT2D eigenvalue weighted by atomic mass is 10.2. The first-order chi connectivity index (χ1) is 9.40. The standard InChI is InChI=1S/C10H13NO6S3/c12-6(13)3-19-10(20-4-7(14)15)8(16)11-5-1-2-18-9(5)17/h5,10H,1-4H2,(H,11,16)(H,12,13)(H,14,15). The van der Waals surface area contributed by atoms with E-state index in [1.165, 1.54) is 0 Å². The van der Waals surface area contributed by atoms with Crippen LogP contribution in [0.4, 0.5) is 0 Å². The number of rotatable bonds is 8. The molecular weight excluding hydrogens is 326 g/mol. The van der Waals surface area contributed by atoms with Crippen molar-refractivity contribution in [1.29, 1.82) is 0 Å². The third-order valence-corrected chi connectivity index (χ3v) is 5.87. The quantitative estimate of drug-likeness (QED) is 0.528. The van der Waals surface area contributed by atoms with Crippen molar-refractivity contribution in [2.24, 2.45) is 0 Å². The van der Waals surface area contributed by atoms with Crippen molar-refractivity contribution < 1.29 is 29.4 Å². The zero-order valence-electron chi connectivity index (χ0n) is 10.2. The fraction of sp³-hybridized carbons (Fsp3) is 0.600. The molecule has 1 unspecified atom stereocenters. The van der Waals surface area contributed by atoms with E-state index >= 15 is 0 Å². The van der Waals surface area contributed by atoms with Crippen molar-refractivity contribution in [3.63, 3.8) is 0 Å². The molecule has 0 aliphatic carbocycles. The molecule has 0 bridgehead atoms. The maximum Gasteiger partial charge on any atom is 0.313 e. The number of amides is 1. The van der Waals surface area contributed by atoms with E-state index in [0.717, 1.165) is 35.3 Å². The molecule has 0 aromatic heterocycles. The van der Waals surface area contributed by atoms with Gasteiger partial charge < -0.3 is 15.5 Å². The van der Waals surface area contributed by atoms with E-state index in [4.69, 9.17) is 10.2 Å². The number of carboxylic acid groups (broad SMARTS) is 2. The largest absolute Gasteiger partial charge is 0.481 e. The lowest BCUT2D eigenvalue weighted by Gasteiger charge is -2.17. The molecule has 1 heterocycles. The van der Waals surface area contributed by atoms with Crippen LogP contribution in [0.5, 0.6) is 0 Å². The van der Waals surface area contributed by atoms with E-state index in [2.05, 4.69) is 5.32 Å². The van der Waals surface area contributed by atoms with Crippen molar-refractivity contribution in [2.75, 3.05) is 17.3 Å². The molecule has 0 saturated carbocycles. The van der Waals surface area contributed by atoms with Crippen LogP contribution >= 0.6 is 35.3 Å². The summed E-state index contributed by atoms with van der Waals surface area (Å²) in [7, 11) is 0. The van der Waals surface area contributed by atoms with Gasteiger partial charge in [0, 0.05) is 5.75 Å². The van der Waals surface area contributed by atoms with Crippen molar-refractivity contribution in [3.05, 3.63) is 0 Å². The summed E-state index contributed by atoms with van der Waals surface area (Å²) in [6.07, 6.45) is 0.537. The van der Waals surface area contributed by atoms with Crippen LogP contribution in [0.15, 0.2) is 0 Å². The second kappa shape index (κ2) is 8.42. The molecule has 20 heavy (non-hydrogen) atoms. The van der Waals surface area contributed by atoms with Crippen LogP contribution in [0.2, 0.25) is 0 Å². The van der Waals surface area contributed by atoms with E-state index < -0.39 is 28.5 Å². The Kier molecular flexibility index (Phi) is 7.24. The summed E-state index contributed by atoms with van der Waals surface area (Å²) in [4.78, 5) is 44.4. The highest BCUT2D eigenvalue weighted by molar-refractivity contribution is 8.18. The van der Waals surface area contributed by atoms with E-state index in [9.17, 15) is 19.2 Å². The van der Waals surface area contributed by atoms with Crippen molar-refractivity contribution >= 4 is 58.2 Å². The Balaban J connectivity index is 2.54. The number of hydrogen-bond donors (Lipinski definition) is 3. The van der Waals surface area contributed by atoms with E-state index in [-0.39, 0.29) is 16.6 Å². The van der Waals surface area contributed by atoms with Gasteiger partial charge in [0.2, 0.25) is 11.0 Å². The Hall–Kier alpha value is -0.870. The van der Waals surface area contributed by atoms with Crippen LogP contribution in [0.25, 0.3) is 0 Å². The lowest BCUT2D eigenvalue weighted by molar-refractivity contribution is -0.134. The average Bonchev–Trinajstić information content (AvgIpc) is 2.74. The number of carbonyl (C=O) groups is 4. The molecule has 10 heteroatoms. The zero-order valence-corrected chi connectivity index (χ0v) is 12.7. The second-order valence-corrected chi connectivity index (χ2v) is 7.34. The summed E-state index contributed by atoms with van der Waals surface area (Å²) in [5.41, 5.74) is 0. The monoisotopic (exact) mass is 339 g/mol. The molecule has 1 rings (SSSR count).